The van der Waals surface area contributed by atoms with Gasteiger partial charge in [-0.3, -0.25) is 9.48 Å². The van der Waals surface area contributed by atoms with Gasteiger partial charge in [-0.1, -0.05) is 0 Å². The Balaban J connectivity index is 1.65. The lowest BCUT2D eigenvalue weighted by Gasteiger charge is -2.14. The maximum atomic E-state index is 11.9. The maximum Gasteiger partial charge on any atom is 0.315 e. The first kappa shape index (κ1) is 18.6. The SMILES string of the molecule is Cc1ccoc1C(=O)NCCCNC(=O)NC(C)c1cn(C)nc1C. The fraction of sp³-hybridized carbons (Fsp3) is 0.471. The number of rotatable bonds is 7. The maximum absolute atomic E-state index is 11.9. The molecule has 136 valence electrons. The third-order valence-corrected chi connectivity index (χ3v) is 3.86. The molecule has 2 rings (SSSR count). The van der Waals surface area contributed by atoms with Crippen LogP contribution >= 0.6 is 0 Å². The summed E-state index contributed by atoms with van der Waals surface area (Å²) in [4.78, 5) is 23.8. The lowest BCUT2D eigenvalue weighted by molar-refractivity contribution is 0.0925. The molecule has 0 fully saturated rings. The van der Waals surface area contributed by atoms with Gasteiger partial charge in [-0.15, -0.1) is 0 Å². The van der Waals surface area contributed by atoms with Gasteiger partial charge in [-0.05, 0) is 33.3 Å². The van der Waals surface area contributed by atoms with E-state index in [1.165, 1.54) is 6.26 Å². The lowest BCUT2D eigenvalue weighted by atomic mass is 10.1. The normalized spacial score (nSPS) is 11.8. The van der Waals surface area contributed by atoms with Crippen LogP contribution in [0.3, 0.4) is 0 Å². The highest BCUT2D eigenvalue weighted by Gasteiger charge is 2.14. The molecule has 25 heavy (non-hydrogen) atoms. The lowest BCUT2D eigenvalue weighted by Crippen LogP contribution is -2.38. The largest absolute Gasteiger partial charge is 0.459 e. The molecule has 2 aromatic rings. The Bertz CT molecular complexity index is 734. The zero-order valence-electron chi connectivity index (χ0n) is 15.0. The van der Waals surface area contributed by atoms with Gasteiger partial charge < -0.3 is 20.4 Å². The molecule has 3 amide bonds. The number of aromatic nitrogens is 2. The zero-order valence-corrected chi connectivity index (χ0v) is 15.0. The Kier molecular flexibility index (Phi) is 6.21. The van der Waals surface area contributed by atoms with Gasteiger partial charge in [0.2, 0.25) is 0 Å². The summed E-state index contributed by atoms with van der Waals surface area (Å²) in [6.45, 7) is 6.55. The predicted octanol–water partition coefficient (Wildman–Crippen LogP) is 1.81. The van der Waals surface area contributed by atoms with Gasteiger partial charge in [-0.2, -0.15) is 5.10 Å². The first-order valence-electron chi connectivity index (χ1n) is 8.25. The molecule has 0 saturated heterocycles. The third kappa shape index (κ3) is 5.10. The van der Waals surface area contributed by atoms with E-state index in [1.807, 2.05) is 34.0 Å². The Morgan fingerprint density at radius 2 is 2.00 bits per heavy atom. The number of urea groups is 1. The van der Waals surface area contributed by atoms with Crippen molar-refractivity contribution in [3.05, 3.63) is 41.1 Å². The Morgan fingerprint density at radius 3 is 2.60 bits per heavy atom. The highest BCUT2D eigenvalue weighted by molar-refractivity contribution is 5.92. The van der Waals surface area contributed by atoms with Gasteiger partial charge in [0.1, 0.15) is 0 Å². The fourth-order valence-corrected chi connectivity index (χ4v) is 2.55. The van der Waals surface area contributed by atoms with Crippen LogP contribution in [0.15, 0.2) is 22.9 Å². The summed E-state index contributed by atoms with van der Waals surface area (Å²) < 4.78 is 6.85. The van der Waals surface area contributed by atoms with Crippen molar-refractivity contribution in [3.63, 3.8) is 0 Å². The summed E-state index contributed by atoms with van der Waals surface area (Å²) in [7, 11) is 1.85. The standard InChI is InChI=1S/C17H25N5O3/c1-11-6-9-25-15(11)16(23)18-7-5-8-19-17(24)20-12(2)14-10-22(4)21-13(14)3/h6,9-10,12H,5,7-8H2,1-4H3,(H,18,23)(H2,19,20,24). The van der Waals surface area contributed by atoms with Gasteiger partial charge in [-0.25, -0.2) is 4.79 Å². The number of hydrogen-bond acceptors (Lipinski definition) is 4. The van der Waals surface area contributed by atoms with E-state index in [2.05, 4.69) is 21.0 Å². The number of aryl methyl sites for hydroxylation is 3. The van der Waals surface area contributed by atoms with Crippen LogP contribution in [0.25, 0.3) is 0 Å². The second-order valence-corrected chi connectivity index (χ2v) is 6.01. The quantitative estimate of drug-likeness (QED) is 0.665. The third-order valence-electron chi connectivity index (χ3n) is 3.86. The molecule has 0 aliphatic carbocycles. The molecule has 0 spiro atoms. The number of hydrogen-bond donors (Lipinski definition) is 3. The molecule has 0 radical (unpaired) electrons. The number of furan rings is 1. The molecule has 3 N–H and O–H groups in total. The smallest absolute Gasteiger partial charge is 0.315 e. The summed E-state index contributed by atoms with van der Waals surface area (Å²) in [5.74, 6) is 0.0824. The van der Waals surface area contributed by atoms with Gasteiger partial charge in [0.25, 0.3) is 5.91 Å². The van der Waals surface area contributed by atoms with Crippen molar-refractivity contribution in [2.45, 2.75) is 33.2 Å². The topological polar surface area (TPSA) is 101 Å². The van der Waals surface area contributed by atoms with Crippen LogP contribution in [0, 0.1) is 13.8 Å². The summed E-state index contributed by atoms with van der Waals surface area (Å²) in [5.41, 5.74) is 2.68. The molecule has 1 unspecified atom stereocenters. The van der Waals surface area contributed by atoms with E-state index in [0.29, 0.717) is 25.3 Å². The van der Waals surface area contributed by atoms with Crippen molar-refractivity contribution in [2.75, 3.05) is 13.1 Å². The molecule has 0 aliphatic rings. The Hall–Kier alpha value is -2.77. The van der Waals surface area contributed by atoms with Crippen LogP contribution in [0.5, 0.6) is 0 Å². The second-order valence-electron chi connectivity index (χ2n) is 6.01. The Morgan fingerprint density at radius 1 is 1.28 bits per heavy atom. The minimum atomic E-state index is -0.246. The van der Waals surface area contributed by atoms with E-state index in [1.54, 1.807) is 10.7 Å². The van der Waals surface area contributed by atoms with Gasteiger partial charge in [0, 0.05) is 37.5 Å². The van der Waals surface area contributed by atoms with E-state index in [4.69, 9.17) is 4.42 Å². The number of nitrogens with zero attached hydrogens (tertiary/aromatic N) is 2. The fourth-order valence-electron chi connectivity index (χ4n) is 2.55. The molecule has 8 nitrogen and oxygen atoms in total. The van der Waals surface area contributed by atoms with Gasteiger partial charge in [0.15, 0.2) is 5.76 Å². The average molecular weight is 347 g/mol. The minimum Gasteiger partial charge on any atom is -0.459 e. The first-order chi connectivity index (χ1) is 11.9. The second kappa shape index (κ2) is 8.36. The molecule has 0 aromatic carbocycles. The highest BCUT2D eigenvalue weighted by Crippen LogP contribution is 2.15. The molecule has 8 heteroatoms. The molecular weight excluding hydrogens is 322 g/mol. The van der Waals surface area contributed by atoms with Gasteiger partial charge in [0.05, 0.1) is 18.0 Å². The molecule has 2 aromatic heterocycles. The van der Waals surface area contributed by atoms with Crippen LogP contribution in [0.1, 0.15) is 46.8 Å². The van der Waals surface area contributed by atoms with Crippen molar-refractivity contribution in [1.29, 1.82) is 0 Å². The number of carbonyl (C=O) groups is 2. The summed E-state index contributed by atoms with van der Waals surface area (Å²) in [5, 5.41) is 12.7. The van der Waals surface area contributed by atoms with Gasteiger partial charge >= 0.3 is 6.03 Å². The van der Waals surface area contributed by atoms with Crippen molar-refractivity contribution >= 4 is 11.9 Å². The van der Waals surface area contributed by atoms with Crippen LogP contribution in [-0.2, 0) is 7.05 Å². The first-order valence-corrected chi connectivity index (χ1v) is 8.25. The van der Waals surface area contributed by atoms with Crippen LogP contribution in [0.4, 0.5) is 4.79 Å². The van der Waals surface area contributed by atoms with Crippen molar-refractivity contribution in [3.8, 4) is 0 Å². The van der Waals surface area contributed by atoms with E-state index in [0.717, 1.165) is 16.8 Å². The summed E-state index contributed by atoms with van der Waals surface area (Å²) in [6.07, 6.45) is 4.01. The van der Waals surface area contributed by atoms with Crippen molar-refractivity contribution in [1.82, 2.24) is 25.7 Å². The van der Waals surface area contributed by atoms with Crippen molar-refractivity contribution in [2.24, 2.45) is 7.05 Å². The molecule has 0 aliphatic heterocycles. The number of carbonyl (C=O) groups excluding carboxylic acids is 2. The minimum absolute atomic E-state index is 0.129. The molecule has 0 saturated carbocycles. The average Bonchev–Trinajstić information content (AvgIpc) is 3.11. The van der Waals surface area contributed by atoms with E-state index in [9.17, 15) is 9.59 Å². The molecule has 2 heterocycles. The van der Waals surface area contributed by atoms with E-state index < -0.39 is 0 Å². The number of nitrogens with one attached hydrogen (secondary N) is 3. The number of amides is 3. The predicted molar refractivity (Wildman–Crippen MR) is 93.3 cm³/mol. The zero-order chi connectivity index (χ0) is 18.4. The molecule has 0 bridgehead atoms. The highest BCUT2D eigenvalue weighted by atomic mass is 16.3. The summed E-state index contributed by atoms with van der Waals surface area (Å²) in [6, 6.07) is 1.37. The van der Waals surface area contributed by atoms with Crippen LogP contribution < -0.4 is 16.0 Å². The molecular formula is C17H25N5O3. The van der Waals surface area contributed by atoms with Crippen molar-refractivity contribution < 1.29 is 14.0 Å². The summed E-state index contributed by atoms with van der Waals surface area (Å²) >= 11 is 0. The van der Waals surface area contributed by atoms with E-state index in [-0.39, 0.29) is 18.0 Å². The Labute approximate surface area is 147 Å². The molecule has 1 atom stereocenters. The van der Waals surface area contributed by atoms with Crippen LogP contribution in [-0.4, -0.2) is 34.8 Å². The monoisotopic (exact) mass is 347 g/mol. The van der Waals surface area contributed by atoms with Crippen LogP contribution in [0.2, 0.25) is 0 Å². The van der Waals surface area contributed by atoms with E-state index >= 15 is 0 Å².